The molecule has 0 fully saturated rings. The highest BCUT2D eigenvalue weighted by Crippen LogP contribution is 2.11. The molecule has 21 heavy (non-hydrogen) atoms. The van der Waals surface area contributed by atoms with Crippen molar-refractivity contribution in [1.82, 2.24) is 4.90 Å². The summed E-state index contributed by atoms with van der Waals surface area (Å²) in [5.41, 5.74) is 0.732. The molecule has 0 N–H and O–H groups in total. The first kappa shape index (κ1) is 18.3. The molecule has 0 spiro atoms. The van der Waals surface area contributed by atoms with Gasteiger partial charge in [-0.25, -0.2) is 0 Å². The summed E-state index contributed by atoms with van der Waals surface area (Å²) in [6, 6.07) is 7.46. The quantitative estimate of drug-likeness (QED) is 0.450. The molecule has 1 rings (SSSR count). The molecule has 0 aliphatic carbocycles. The van der Waals surface area contributed by atoms with Crippen LogP contribution in [0.5, 0.6) is 0 Å². The third-order valence-corrected chi connectivity index (χ3v) is 3.57. The van der Waals surface area contributed by atoms with Gasteiger partial charge in [-0.05, 0) is 26.0 Å². The van der Waals surface area contributed by atoms with E-state index in [2.05, 4.69) is 20.8 Å². The molecule has 0 heterocycles. The second-order valence-corrected chi connectivity index (χ2v) is 5.52. The van der Waals surface area contributed by atoms with Crippen molar-refractivity contribution >= 4 is 21.7 Å². The van der Waals surface area contributed by atoms with Crippen molar-refractivity contribution in [1.29, 1.82) is 0 Å². The van der Waals surface area contributed by atoms with Gasteiger partial charge in [-0.3, -0.25) is 9.69 Å². The lowest BCUT2D eigenvalue weighted by molar-refractivity contribution is 0.0725. The van der Waals surface area contributed by atoms with Crippen LogP contribution in [0.4, 0.5) is 0 Å². The normalized spacial score (nSPS) is 11.0. The summed E-state index contributed by atoms with van der Waals surface area (Å²) in [7, 11) is 0. The van der Waals surface area contributed by atoms with Crippen LogP contribution in [0.15, 0.2) is 28.7 Å². The summed E-state index contributed by atoms with van der Waals surface area (Å²) in [5.74, 6) is 0.121. The number of ketones is 1. The van der Waals surface area contributed by atoms with E-state index in [9.17, 15) is 4.79 Å². The van der Waals surface area contributed by atoms with Crippen molar-refractivity contribution < 1.29 is 14.3 Å². The smallest absolute Gasteiger partial charge is 0.176 e. The predicted octanol–water partition coefficient (Wildman–Crippen LogP) is 3.01. The van der Waals surface area contributed by atoms with Crippen LogP contribution in [0.2, 0.25) is 0 Å². The Hall–Kier alpha value is -0.750. The number of carbonyl (C=O) groups is 1. The van der Waals surface area contributed by atoms with Crippen LogP contribution in [0.25, 0.3) is 0 Å². The summed E-state index contributed by atoms with van der Waals surface area (Å²) in [6.07, 6.45) is 0. The Balaban J connectivity index is 2.52. The zero-order valence-electron chi connectivity index (χ0n) is 12.8. The molecule has 0 saturated heterocycles. The van der Waals surface area contributed by atoms with Crippen molar-refractivity contribution in [3.63, 3.8) is 0 Å². The number of rotatable bonds is 11. The van der Waals surface area contributed by atoms with Crippen LogP contribution in [0.1, 0.15) is 24.2 Å². The molecule has 0 aliphatic rings. The number of hydrogen-bond acceptors (Lipinski definition) is 4. The SMILES string of the molecule is CCOCCN(CCOCC)CC(=O)c1ccc(Br)cc1. The molecule has 0 saturated carbocycles. The number of nitrogens with zero attached hydrogens (tertiary/aromatic N) is 1. The van der Waals surface area contributed by atoms with E-state index in [0.29, 0.717) is 33.0 Å². The topological polar surface area (TPSA) is 38.8 Å². The molecule has 4 nitrogen and oxygen atoms in total. The summed E-state index contributed by atoms with van der Waals surface area (Å²) >= 11 is 3.37. The minimum absolute atomic E-state index is 0.121. The molecule has 1 aromatic carbocycles. The van der Waals surface area contributed by atoms with Crippen LogP contribution in [0.3, 0.4) is 0 Å². The molecule has 0 radical (unpaired) electrons. The first-order chi connectivity index (χ1) is 10.2. The zero-order valence-corrected chi connectivity index (χ0v) is 14.4. The highest BCUT2D eigenvalue weighted by molar-refractivity contribution is 9.10. The van der Waals surface area contributed by atoms with Crippen molar-refractivity contribution in [2.75, 3.05) is 46.1 Å². The summed E-state index contributed by atoms with van der Waals surface area (Å²) in [6.45, 7) is 8.47. The van der Waals surface area contributed by atoms with Crippen LogP contribution in [0, 0.1) is 0 Å². The van der Waals surface area contributed by atoms with Gasteiger partial charge in [0, 0.05) is 36.3 Å². The Morgan fingerprint density at radius 2 is 1.57 bits per heavy atom. The number of halogens is 1. The number of Topliss-reactive ketones (excluding diaryl/α,β-unsaturated/α-hetero) is 1. The molecule has 0 aliphatic heterocycles. The van der Waals surface area contributed by atoms with Gasteiger partial charge in [0.25, 0.3) is 0 Å². The highest BCUT2D eigenvalue weighted by Gasteiger charge is 2.12. The third kappa shape index (κ3) is 7.71. The van der Waals surface area contributed by atoms with E-state index in [0.717, 1.165) is 23.1 Å². The van der Waals surface area contributed by atoms with Gasteiger partial charge in [-0.15, -0.1) is 0 Å². The van der Waals surface area contributed by atoms with E-state index in [1.54, 1.807) is 0 Å². The van der Waals surface area contributed by atoms with E-state index >= 15 is 0 Å². The molecule has 5 heteroatoms. The Bertz CT molecular complexity index is 398. The van der Waals surface area contributed by atoms with Crippen molar-refractivity contribution in [2.24, 2.45) is 0 Å². The van der Waals surface area contributed by atoms with Gasteiger partial charge >= 0.3 is 0 Å². The van der Waals surface area contributed by atoms with Gasteiger partial charge in [0.2, 0.25) is 0 Å². The third-order valence-electron chi connectivity index (χ3n) is 3.05. The van der Waals surface area contributed by atoms with Crippen molar-refractivity contribution in [2.45, 2.75) is 13.8 Å². The Labute approximate surface area is 135 Å². The molecule has 0 atom stereocenters. The number of hydrogen-bond donors (Lipinski definition) is 0. The average molecular weight is 358 g/mol. The maximum atomic E-state index is 12.3. The maximum absolute atomic E-state index is 12.3. The zero-order chi connectivity index (χ0) is 15.5. The van der Waals surface area contributed by atoms with Gasteiger partial charge in [0.15, 0.2) is 5.78 Å². The molecular weight excluding hydrogens is 334 g/mol. The molecular formula is C16H24BrNO3. The predicted molar refractivity (Wildman–Crippen MR) is 87.9 cm³/mol. The number of benzene rings is 1. The van der Waals surface area contributed by atoms with Gasteiger partial charge in [0.05, 0.1) is 19.8 Å². The van der Waals surface area contributed by atoms with Crippen molar-refractivity contribution in [3.8, 4) is 0 Å². The molecule has 0 unspecified atom stereocenters. The van der Waals surface area contributed by atoms with E-state index in [1.165, 1.54) is 0 Å². The lowest BCUT2D eigenvalue weighted by Crippen LogP contribution is -2.35. The lowest BCUT2D eigenvalue weighted by Gasteiger charge is -2.21. The first-order valence-corrected chi connectivity index (χ1v) is 8.13. The molecule has 0 amide bonds. The maximum Gasteiger partial charge on any atom is 0.176 e. The van der Waals surface area contributed by atoms with Crippen LogP contribution < -0.4 is 0 Å². The molecule has 1 aromatic rings. The number of carbonyl (C=O) groups excluding carboxylic acids is 1. The van der Waals surface area contributed by atoms with Crippen LogP contribution in [-0.4, -0.2) is 56.7 Å². The fourth-order valence-corrected chi connectivity index (χ4v) is 2.14. The monoisotopic (exact) mass is 357 g/mol. The largest absolute Gasteiger partial charge is 0.380 e. The fourth-order valence-electron chi connectivity index (χ4n) is 1.88. The van der Waals surface area contributed by atoms with Gasteiger partial charge in [0.1, 0.15) is 0 Å². The Kier molecular flexibility index (Phi) is 9.50. The second-order valence-electron chi connectivity index (χ2n) is 4.60. The van der Waals surface area contributed by atoms with Gasteiger partial charge < -0.3 is 9.47 Å². The Morgan fingerprint density at radius 1 is 1.05 bits per heavy atom. The van der Waals surface area contributed by atoms with Gasteiger partial charge in [-0.1, -0.05) is 28.1 Å². The summed E-state index contributed by atoms with van der Waals surface area (Å²) in [4.78, 5) is 14.4. The highest BCUT2D eigenvalue weighted by atomic mass is 79.9. The first-order valence-electron chi connectivity index (χ1n) is 7.34. The van der Waals surface area contributed by atoms with Crippen LogP contribution in [-0.2, 0) is 9.47 Å². The van der Waals surface area contributed by atoms with E-state index in [1.807, 2.05) is 38.1 Å². The Morgan fingerprint density at radius 3 is 2.05 bits per heavy atom. The van der Waals surface area contributed by atoms with E-state index in [4.69, 9.17) is 9.47 Å². The molecule has 118 valence electrons. The summed E-state index contributed by atoms with van der Waals surface area (Å²) in [5, 5.41) is 0. The summed E-state index contributed by atoms with van der Waals surface area (Å²) < 4.78 is 11.7. The minimum atomic E-state index is 0.121. The standard InChI is InChI=1S/C16H24BrNO3/c1-3-20-11-9-18(10-12-21-4-2)13-16(19)14-5-7-15(17)8-6-14/h5-8H,3-4,9-13H2,1-2H3. The average Bonchev–Trinajstić information content (AvgIpc) is 2.48. The van der Waals surface area contributed by atoms with Crippen LogP contribution >= 0.6 is 15.9 Å². The molecule has 0 aromatic heterocycles. The molecule has 0 bridgehead atoms. The lowest BCUT2D eigenvalue weighted by atomic mass is 10.1. The number of ether oxygens (including phenoxy) is 2. The minimum Gasteiger partial charge on any atom is -0.380 e. The van der Waals surface area contributed by atoms with E-state index < -0.39 is 0 Å². The van der Waals surface area contributed by atoms with Crippen molar-refractivity contribution in [3.05, 3.63) is 34.3 Å². The van der Waals surface area contributed by atoms with Gasteiger partial charge in [-0.2, -0.15) is 0 Å². The fraction of sp³-hybridized carbons (Fsp3) is 0.562. The second kappa shape index (κ2) is 10.9. The van der Waals surface area contributed by atoms with E-state index in [-0.39, 0.29) is 5.78 Å².